The van der Waals surface area contributed by atoms with Crippen molar-refractivity contribution in [1.82, 2.24) is 14.8 Å². The molecule has 0 atom stereocenters. The Bertz CT molecular complexity index is 1370. The molecule has 0 saturated carbocycles. The molecule has 3 N–H and O–H groups in total. The summed E-state index contributed by atoms with van der Waals surface area (Å²) in [6, 6.07) is 7.77. The highest BCUT2D eigenvalue weighted by molar-refractivity contribution is 7.21. The van der Waals surface area contributed by atoms with Gasteiger partial charge < -0.3 is 11.1 Å². The number of carbonyl (C=O) groups excluding carboxylic acids is 2. The number of hydrogen-bond donors (Lipinski definition) is 2. The predicted molar refractivity (Wildman–Crippen MR) is 119 cm³/mol. The SMILES string of the molecule is Cc1ccc(-c2cc(C(F)(F)F)nc3sc(C(N)=O)c(NC(=O)Cn4cc(C)cn4)c23)cc1. The van der Waals surface area contributed by atoms with Gasteiger partial charge in [0.15, 0.2) is 0 Å². The molecule has 2 amide bonds. The molecular formula is C22H18F3N5O2S. The average molecular weight is 473 g/mol. The van der Waals surface area contributed by atoms with Crippen LogP contribution in [0.15, 0.2) is 42.7 Å². The van der Waals surface area contributed by atoms with Crippen LogP contribution >= 0.6 is 11.3 Å². The Balaban J connectivity index is 1.90. The Morgan fingerprint density at radius 1 is 1.15 bits per heavy atom. The van der Waals surface area contributed by atoms with Gasteiger partial charge in [0.25, 0.3) is 5.91 Å². The van der Waals surface area contributed by atoms with Crippen molar-refractivity contribution in [3.8, 4) is 11.1 Å². The molecule has 170 valence electrons. The maximum Gasteiger partial charge on any atom is 0.433 e. The van der Waals surface area contributed by atoms with Gasteiger partial charge in [-0.1, -0.05) is 29.8 Å². The fourth-order valence-corrected chi connectivity index (χ4v) is 4.38. The molecule has 4 rings (SSSR count). The number of fused-ring (bicyclic) bond motifs is 1. The van der Waals surface area contributed by atoms with E-state index >= 15 is 0 Å². The summed E-state index contributed by atoms with van der Waals surface area (Å²) in [5.41, 5.74) is 6.86. The number of nitrogens with two attached hydrogens (primary N) is 1. The highest BCUT2D eigenvalue weighted by atomic mass is 32.1. The number of hydrogen-bond acceptors (Lipinski definition) is 5. The van der Waals surface area contributed by atoms with Crippen LogP contribution in [0.1, 0.15) is 26.5 Å². The molecule has 0 fully saturated rings. The van der Waals surface area contributed by atoms with Gasteiger partial charge in [0.1, 0.15) is 21.9 Å². The Hall–Kier alpha value is -3.73. The molecule has 1 aromatic carbocycles. The van der Waals surface area contributed by atoms with Crippen molar-refractivity contribution >= 4 is 39.1 Å². The zero-order chi connectivity index (χ0) is 23.9. The van der Waals surface area contributed by atoms with Gasteiger partial charge >= 0.3 is 6.18 Å². The van der Waals surface area contributed by atoms with E-state index in [0.29, 0.717) is 16.9 Å². The van der Waals surface area contributed by atoms with Crippen molar-refractivity contribution in [2.75, 3.05) is 5.32 Å². The van der Waals surface area contributed by atoms with Gasteiger partial charge in [-0.05, 0) is 36.6 Å². The maximum atomic E-state index is 13.6. The van der Waals surface area contributed by atoms with Gasteiger partial charge in [-0.3, -0.25) is 14.3 Å². The third kappa shape index (κ3) is 4.58. The van der Waals surface area contributed by atoms with Crippen LogP contribution in [0.5, 0.6) is 0 Å². The molecule has 11 heteroatoms. The topological polar surface area (TPSA) is 103 Å². The zero-order valence-corrected chi connectivity index (χ0v) is 18.3. The fourth-order valence-electron chi connectivity index (χ4n) is 3.38. The summed E-state index contributed by atoms with van der Waals surface area (Å²) in [6.07, 6.45) is -1.46. The monoisotopic (exact) mass is 473 g/mol. The minimum atomic E-state index is -4.70. The van der Waals surface area contributed by atoms with E-state index in [1.807, 2.05) is 13.8 Å². The van der Waals surface area contributed by atoms with Crippen LogP contribution in [-0.4, -0.2) is 26.6 Å². The number of aromatic nitrogens is 3. The minimum absolute atomic E-state index is 0.0353. The third-order valence-electron chi connectivity index (χ3n) is 4.87. The molecule has 0 bridgehead atoms. The lowest BCUT2D eigenvalue weighted by atomic mass is 10.00. The molecule has 3 aromatic heterocycles. The smallest absolute Gasteiger partial charge is 0.365 e. The highest BCUT2D eigenvalue weighted by Crippen LogP contribution is 2.43. The first-order valence-electron chi connectivity index (χ1n) is 9.73. The van der Waals surface area contributed by atoms with Gasteiger partial charge in [0, 0.05) is 11.6 Å². The summed E-state index contributed by atoms with van der Waals surface area (Å²) in [7, 11) is 0. The first kappa shape index (κ1) is 22.5. The molecule has 0 unspecified atom stereocenters. The lowest BCUT2D eigenvalue weighted by Crippen LogP contribution is -2.21. The van der Waals surface area contributed by atoms with Crippen molar-refractivity contribution in [2.24, 2.45) is 5.73 Å². The largest absolute Gasteiger partial charge is 0.433 e. The van der Waals surface area contributed by atoms with Crippen molar-refractivity contribution < 1.29 is 22.8 Å². The van der Waals surface area contributed by atoms with E-state index in [-0.39, 0.29) is 32.9 Å². The first-order valence-corrected chi connectivity index (χ1v) is 10.5. The average Bonchev–Trinajstić information content (AvgIpc) is 3.30. The number of halogens is 3. The van der Waals surface area contributed by atoms with Crippen LogP contribution in [-0.2, 0) is 17.5 Å². The van der Waals surface area contributed by atoms with Crippen molar-refractivity contribution in [2.45, 2.75) is 26.6 Å². The highest BCUT2D eigenvalue weighted by Gasteiger charge is 2.35. The number of alkyl halides is 3. The summed E-state index contributed by atoms with van der Waals surface area (Å²) >= 11 is 0.704. The van der Waals surface area contributed by atoms with E-state index in [9.17, 15) is 22.8 Å². The Morgan fingerprint density at radius 2 is 1.85 bits per heavy atom. The number of benzene rings is 1. The van der Waals surface area contributed by atoms with Crippen LogP contribution in [0.25, 0.3) is 21.3 Å². The van der Waals surface area contributed by atoms with Gasteiger partial charge in [0.2, 0.25) is 5.91 Å². The molecule has 4 aromatic rings. The number of amides is 2. The normalized spacial score (nSPS) is 11.7. The number of thiophene rings is 1. The molecule has 0 spiro atoms. The predicted octanol–water partition coefficient (Wildman–Crippen LogP) is 4.53. The standard InChI is InChI=1S/C22H18F3N5O2S/c1-11-3-5-13(6-4-11)14-7-15(22(23,24)25)28-21-17(14)18(19(33-21)20(26)32)29-16(31)10-30-9-12(2)8-27-30/h3-9H,10H2,1-2H3,(H2,26,32)(H,29,31). The summed E-state index contributed by atoms with van der Waals surface area (Å²) < 4.78 is 42.1. The summed E-state index contributed by atoms with van der Waals surface area (Å²) in [5, 5.41) is 6.91. The number of nitrogens with zero attached hydrogens (tertiary/aromatic N) is 3. The van der Waals surface area contributed by atoms with E-state index in [4.69, 9.17) is 5.73 Å². The second-order valence-corrected chi connectivity index (χ2v) is 8.53. The Morgan fingerprint density at radius 3 is 2.42 bits per heavy atom. The minimum Gasteiger partial charge on any atom is -0.365 e. The van der Waals surface area contributed by atoms with E-state index < -0.39 is 23.7 Å². The van der Waals surface area contributed by atoms with E-state index in [1.54, 1.807) is 36.7 Å². The third-order valence-corrected chi connectivity index (χ3v) is 5.97. The molecule has 0 aliphatic rings. The van der Waals surface area contributed by atoms with Crippen molar-refractivity contribution in [3.05, 3.63) is 64.4 Å². The van der Waals surface area contributed by atoms with Crippen LogP contribution in [0.2, 0.25) is 0 Å². The number of anilines is 1. The van der Waals surface area contributed by atoms with Crippen molar-refractivity contribution in [3.63, 3.8) is 0 Å². The molecule has 3 heterocycles. The number of carbonyl (C=O) groups is 2. The second kappa shape index (κ2) is 8.32. The lowest BCUT2D eigenvalue weighted by Gasteiger charge is -2.12. The van der Waals surface area contributed by atoms with Crippen LogP contribution in [0.3, 0.4) is 0 Å². The molecule has 33 heavy (non-hydrogen) atoms. The van der Waals surface area contributed by atoms with E-state index in [2.05, 4.69) is 15.4 Å². The second-order valence-electron chi connectivity index (χ2n) is 7.53. The Labute approximate surface area is 190 Å². The fraction of sp³-hybridized carbons (Fsp3) is 0.182. The number of nitrogens with one attached hydrogen (secondary N) is 1. The number of aryl methyl sites for hydroxylation is 2. The molecule has 0 aliphatic carbocycles. The first-order chi connectivity index (χ1) is 15.5. The quantitative estimate of drug-likeness (QED) is 0.444. The van der Waals surface area contributed by atoms with Crippen LogP contribution < -0.4 is 11.1 Å². The molecule has 0 saturated heterocycles. The van der Waals surface area contributed by atoms with Gasteiger partial charge in [-0.15, -0.1) is 11.3 Å². The number of primary amides is 1. The van der Waals surface area contributed by atoms with Crippen molar-refractivity contribution in [1.29, 1.82) is 0 Å². The Kier molecular flexibility index (Phi) is 5.66. The summed E-state index contributed by atoms with van der Waals surface area (Å²) in [6.45, 7) is 3.51. The molecule has 0 radical (unpaired) electrons. The summed E-state index contributed by atoms with van der Waals surface area (Å²) in [5.74, 6) is -1.40. The van der Waals surface area contributed by atoms with Gasteiger partial charge in [-0.25, -0.2) is 4.98 Å². The zero-order valence-electron chi connectivity index (χ0n) is 17.5. The van der Waals surface area contributed by atoms with E-state index in [1.165, 1.54) is 4.68 Å². The summed E-state index contributed by atoms with van der Waals surface area (Å²) in [4.78, 5) is 28.4. The molecule has 0 aliphatic heterocycles. The number of rotatable bonds is 5. The number of pyridine rings is 1. The van der Waals surface area contributed by atoms with E-state index in [0.717, 1.165) is 17.2 Å². The van der Waals surface area contributed by atoms with Crippen LogP contribution in [0, 0.1) is 13.8 Å². The van der Waals surface area contributed by atoms with Gasteiger partial charge in [0.05, 0.1) is 11.9 Å². The molecule has 7 nitrogen and oxygen atoms in total. The molecular weight excluding hydrogens is 455 g/mol. The lowest BCUT2D eigenvalue weighted by molar-refractivity contribution is -0.140. The maximum absolute atomic E-state index is 13.6. The van der Waals surface area contributed by atoms with Crippen LogP contribution in [0.4, 0.5) is 18.9 Å². The van der Waals surface area contributed by atoms with Gasteiger partial charge in [-0.2, -0.15) is 18.3 Å².